The van der Waals surface area contributed by atoms with E-state index >= 15 is 0 Å². The molecule has 6 nitrogen and oxygen atoms in total. The molecule has 1 saturated heterocycles. The van der Waals surface area contributed by atoms with E-state index in [-0.39, 0.29) is 17.9 Å². The number of piperidine rings is 1. The maximum Gasteiger partial charge on any atom is 0.411 e. The fraction of sp³-hybridized carbons (Fsp3) is 0.441. The molecule has 0 atom stereocenters. The van der Waals surface area contributed by atoms with Crippen LogP contribution in [0.1, 0.15) is 63.4 Å². The Morgan fingerprint density at radius 3 is 2.32 bits per heavy atom. The molecular formula is C34H44FN3O3. The monoisotopic (exact) mass is 561 g/mol. The molecule has 0 bridgehead atoms. The summed E-state index contributed by atoms with van der Waals surface area (Å²) in [5, 5.41) is 15.5. The number of carbonyl (C=O) groups excluding carboxylic acids is 1. The Balaban J connectivity index is 0.997. The third-order valence-electron chi connectivity index (χ3n) is 7.73. The van der Waals surface area contributed by atoms with E-state index in [1.54, 1.807) is 6.07 Å². The lowest BCUT2D eigenvalue weighted by molar-refractivity contribution is 0.0585. The molecule has 3 aromatic rings. The number of nitrogens with zero attached hydrogens (tertiary/aromatic N) is 1. The Hall–Kier alpha value is -3.42. The van der Waals surface area contributed by atoms with Crippen molar-refractivity contribution in [2.24, 2.45) is 0 Å². The summed E-state index contributed by atoms with van der Waals surface area (Å²) in [6.07, 6.45) is 9.92. The number of para-hydroxylation sites is 1. The molecule has 0 aromatic heterocycles. The van der Waals surface area contributed by atoms with Crippen LogP contribution < -0.4 is 10.6 Å². The topological polar surface area (TPSA) is 73.8 Å². The van der Waals surface area contributed by atoms with Gasteiger partial charge in [-0.05, 0) is 68.1 Å². The summed E-state index contributed by atoms with van der Waals surface area (Å²) in [6, 6.07) is 22.4. The molecule has 220 valence electrons. The highest BCUT2D eigenvalue weighted by Gasteiger charge is 2.22. The van der Waals surface area contributed by atoms with Crippen LogP contribution in [-0.2, 0) is 11.3 Å². The Kier molecular flexibility index (Phi) is 12.5. The van der Waals surface area contributed by atoms with Gasteiger partial charge in [-0.3, -0.25) is 5.32 Å². The van der Waals surface area contributed by atoms with E-state index in [0.717, 1.165) is 67.8 Å². The van der Waals surface area contributed by atoms with Crippen molar-refractivity contribution >= 4 is 11.8 Å². The molecule has 1 heterocycles. The smallest absolute Gasteiger partial charge is 0.411 e. The van der Waals surface area contributed by atoms with Gasteiger partial charge in [0, 0.05) is 25.2 Å². The highest BCUT2D eigenvalue weighted by Crippen LogP contribution is 2.28. The van der Waals surface area contributed by atoms with Crippen LogP contribution in [0.15, 0.2) is 72.8 Å². The fourth-order valence-electron chi connectivity index (χ4n) is 5.37. The van der Waals surface area contributed by atoms with Crippen molar-refractivity contribution in [3.8, 4) is 16.9 Å². The SMILES string of the molecule is O=C(Nc1ccccc1-c1ccccc1)OC1CCN(CCCCCCCCCNCc2ccc(O)c(F)c2)CC1. The molecule has 0 unspecified atom stereocenters. The van der Waals surface area contributed by atoms with Gasteiger partial charge in [0.15, 0.2) is 11.6 Å². The average Bonchev–Trinajstić information content (AvgIpc) is 2.99. The van der Waals surface area contributed by atoms with Gasteiger partial charge in [0.1, 0.15) is 6.10 Å². The maximum atomic E-state index is 13.4. The molecule has 4 rings (SSSR count). The second-order valence-electron chi connectivity index (χ2n) is 10.9. The molecule has 41 heavy (non-hydrogen) atoms. The first-order valence-electron chi connectivity index (χ1n) is 15.1. The minimum Gasteiger partial charge on any atom is -0.505 e. The number of rotatable bonds is 15. The van der Waals surface area contributed by atoms with Crippen molar-refractivity contribution in [3.05, 3.63) is 84.2 Å². The predicted octanol–water partition coefficient (Wildman–Crippen LogP) is 7.73. The number of benzene rings is 3. The number of nitrogens with one attached hydrogen (secondary N) is 2. The molecule has 7 heteroatoms. The molecule has 0 aliphatic carbocycles. The molecular weight excluding hydrogens is 517 g/mol. The number of likely N-dealkylation sites (tertiary alicyclic amines) is 1. The van der Waals surface area contributed by atoms with Gasteiger partial charge in [0.2, 0.25) is 0 Å². The molecule has 1 fully saturated rings. The average molecular weight is 562 g/mol. The summed E-state index contributed by atoms with van der Waals surface area (Å²) in [5.74, 6) is -0.865. The van der Waals surface area contributed by atoms with Gasteiger partial charge in [-0.25, -0.2) is 9.18 Å². The number of phenolic OH excluding ortho intramolecular Hbond substituents is 1. The highest BCUT2D eigenvalue weighted by molar-refractivity contribution is 5.91. The summed E-state index contributed by atoms with van der Waals surface area (Å²) >= 11 is 0. The van der Waals surface area contributed by atoms with Crippen molar-refractivity contribution in [1.82, 2.24) is 10.2 Å². The summed E-state index contributed by atoms with van der Waals surface area (Å²) in [4.78, 5) is 15.1. The Morgan fingerprint density at radius 2 is 1.56 bits per heavy atom. The zero-order valence-electron chi connectivity index (χ0n) is 24.0. The van der Waals surface area contributed by atoms with Crippen LogP contribution in [0.4, 0.5) is 14.9 Å². The number of ether oxygens (including phenoxy) is 1. The van der Waals surface area contributed by atoms with Crippen molar-refractivity contribution in [2.45, 2.75) is 70.4 Å². The number of aromatic hydroxyl groups is 1. The number of hydrogen-bond donors (Lipinski definition) is 3. The van der Waals surface area contributed by atoms with E-state index in [2.05, 4.69) is 15.5 Å². The van der Waals surface area contributed by atoms with E-state index in [1.807, 2.05) is 54.6 Å². The summed E-state index contributed by atoms with van der Waals surface area (Å²) in [7, 11) is 0. The standard InChI is InChI=1S/C34H44FN3O3/c35-31-25-27(17-18-33(31)39)26-36-21-11-4-2-1-3-5-12-22-38-23-19-29(20-24-38)41-34(40)37-32-16-10-9-15-30(32)28-13-7-6-8-14-28/h6-10,13-18,25,29,36,39H,1-5,11-12,19-24,26H2,(H,37,40). The van der Waals surface area contributed by atoms with Gasteiger partial charge in [-0.15, -0.1) is 0 Å². The second-order valence-corrected chi connectivity index (χ2v) is 10.9. The number of unbranched alkanes of at least 4 members (excludes halogenated alkanes) is 6. The zero-order chi connectivity index (χ0) is 28.7. The van der Waals surface area contributed by atoms with Crippen molar-refractivity contribution < 1.29 is 19.0 Å². The highest BCUT2D eigenvalue weighted by atomic mass is 19.1. The molecule has 0 radical (unpaired) electrons. The number of hydrogen-bond acceptors (Lipinski definition) is 5. The van der Waals surface area contributed by atoms with Gasteiger partial charge in [0.05, 0.1) is 5.69 Å². The first-order valence-corrected chi connectivity index (χ1v) is 15.1. The van der Waals surface area contributed by atoms with E-state index in [4.69, 9.17) is 4.74 Å². The quantitative estimate of drug-likeness (QED) is 0.166. The van der Waals surface area contributed by atoms with Crippen LogP contribution in [0, 0.1) is 5.82 Å². The molecule has 0 saturated carbocycles. The minimum atomic E-state index is -0.565. The Bertz CT molecular complexity index is 1200. The van der Waals surface area contributed by atoms with Gasteiger partial charge in [-0.1, -0.05) is 86.7 Å². The number of anilines is 1. The van der Waals surface area contributed by atoms with E-state index in [1.165, 1.54) is 50.7 Å². The third-order valence-corrected chi connectivity index (χ3v) is 7.73. The van der Waals surface area contributed by atoms with Crippen LogP contribution in [0.3, 0.4) is 0 Å². The minimum absolute atomic E-state index is 0.0353. The zero-order valence-corrected chi connectivity index (χ0v) is 24.0. The maximum absolute atomic E-state index is 13.4. The Morgan fingerprint density at radius 1 is 0.878 bits per heavy atom. The number of carbonyl (C=O) groups is 1. The van der Waals surface area contributed by atoms with E-state index in [9.17, 15) is 14.3 Å². The van der Waals surface area contributed by atoms with Gasteiger partial charge in [0.25, 0.3) is 0 Å². The molecule has 3 aromatic carbocycles. The van der Waals surface area contributed by atoms with Crippen LogP contribution in [0.5, 0.6) is 5.75 Å². The summed E-state index contributed by atoms with van der Waals surface area (Å²) in [5.41, 5.74) is 3.66. The summed E-state index contributed by atoms with van der Waals surface area (Å²) < 4.78 is 19.1. The van der Waals surface area contributed by atoms with Gasteiger partial charge >= 0.3 is 6.09 Å². The number of amides is 1. The van der Waals surface area contributed by atoms with Crippen LogP contribution in [0.2, 0.25) is 0 Å². The van der Waals surface area contributed by atoms with Crippen molar-refractivity contribution in [3.63, 3.8) is 0 Å². The fourth-order valence-corrected chi connectivity index (χ4v) is 5.37. The van der Waals surface area contributed by atoms with Crippen molar-refractivity contribution in [1.29, 1.82) is 0 Å². The lowest BCUT2D eigenvalue weighted by Crippen LogP contribution is -2.38. The largest absolute Gasteiger partial charge is 0.505 e. The molecule has 1 amide bonds. The van der Waals surface area contributed by atoms with E-state index < -0.39 is 5.82 Å². The van der Waals surface area contributed by atoms with Gasteiger partial charge < -0.3 is 20.1 Å². The van der Waals surface area contributed by atoms with Crippen molar-refractivity contribution in [2.75, 3.05) is 31.5 Å². The van der Waals surface area contributed by atoms with E-state index in [0.29, 0.717) is 6.54 Å². The van der Waals surface area contributed by atoms with Crippen LogP contribution in [0.25, 0.3) is 11.1 Å². The second kappa shape index (κ2) is 16.7. The first kappa shape index (κ1) is 30.5. The molecule has 1 aliphatic heterocycles. The van der Waals surface area contributed by atoms with Crippen LogP contribution >= 0.6 is 0 Å². The Labute approximate surface area is 243 Å². The lowest BCUT2D eigenvalue weighted by Gasteiger charge is -2.31. The third kappa shape index (κ3) is 10.5. The van der Waals surface area contributed by atoms with Crippen LogP contribution in [-0.4, -0.2) is 48.4 Å². The molecule has 0 spiro atoms. The predicted molar refractivity (Wildman–Crippen MR) is 164 cm³/mol. The first-order chi connectivity index (χ1) is 20.1. The van der Waals surface area contributed by atoms with Gasteiger partial charge in [-0.2, -0.15) is 0 Å². The summed E-state index contributed by atoms with van der Waals surface area (Å²) in [6.45, 7) is 4.61. The normalized spacial score (nSPS) is 14.2. The number of phenols is 1. The molecule has 1 aliphatic rings. The molecule has 3 N–H and O–H groups in total. The lowest BCUT2D eigenvalue weighted by atomic mass is 10.0. The number of halogens is 1.